The lowest BCUT2D eigenvalue weighted by Crippen LogP contribution is -2.36. The number of aromatic nitrogens is 2. The molecule has 0 spiro atoms. The van der Waals surface area contributed by atoms with Crippen molar-refractivity contribution in [3.63, 3.8) is 0 Å². The highest BCUT2D eigenvalue weighted by molar-refractivity contribution is 5.78. The summed E-state index contributed by atoms with van der Waals surface area (Å²) in [5, 5.41) is 0. The van der Waals surface area contributed by atoms with Crippen LogP contribution in [0.15, 0.2) is 36.7 Å². The summed E-state index contributed by atoms with van der Waals surface area (Å²) < 4.78 is 15.3. The molecule has 0 saturated carbocycles. The number of halogens is 1. The van der Waals surface area contributed by atoms with Gasteiger partial charge in [0, 0.05) is 45.6 Å². The molecule has 1 amide bonds. The van der Waals surface area contributed by atoms with Crippen LogP contribution in [0.5, 0.6) is 0 Å². The van der Waals surface area contributed by atoms with Crippen molar-refractivity contribution in [3.8, 4) is 0 Å². The SMILES string of the molecule is Cn1ccnc1CN1CCCN(C(=O)Cc2cccc(F)c2)CC1. The molecule has 2 aromatic rings. The zero-order chi connectivity index (χ0) is 16.9. The molecule has 0 atom stereocenters. The molecule has 6 heteroatoms. The number of hydrogen-bond donors (Lipinski definition) is 0. The summed E-state index contributed by atoms with van der Waals surface area (Å²) in [6.07, 6.45) is 4.96. The van der Waals surface area contributed by atoms with E-state index < -0.39 is 0 Å². The van der Waals surface area contributed by atoms with Crippen LogP contribution in [0, 0.1) is 5.82 Å². The summed E-state index contributed by atoms with van der Waals surface area (Å²) in [6.45, 7) is 4.05. The fraction of sp³-hybridized carbons (Fsp3) is 0.444. The van der Waals surface area contributed by atoms with E-state index in [-0.39, 0.29) is 18.1 Å². The van der Waals surface area contributed by atoms with Crippen LogP contribution in [0.2, 0.25) is 0 Å². The predicted molar refractivity (Wildman–Crippen MR) is 89.8 cm³/mol. The summed E-state index contributed by atoms with van der Waals surface area (Å²) in [5.41, 5.74) is 0.731. The maximum Gasteiger partial charge on any atom is 0.227 e. The minimum absolute atomic E-state index is 0.0689. The Balaban J connectivity index is 1.55. The first-order valence-electron chi connectivity index (χ1n) is 8.32. The van der Waals surface area contributed by atoms with Gasteiger partial charge < -0.3 is 9.47 Å². The van der Waals surface area contributed by atoms with Crippen molar-refractivity contribution in [3.05, 3.63) is 53.9 Å². The largest absolute Gasteiger partial charge is 0.341 e. The molecule has 1 aliphatic rings. The second-order valence-corrected chi connectivity index (χ2v) is 6.27. The van der Waals surface area contributed by atoms with Crippen LogP contribution in [0.1, 0.15) is 17.8 Å². The third-order valence-corrected chi connectivity index (χ3v) is 4.47. The number of rotatable bonds is 4. The Morgan fingerprint density at radius 3 is 2.88 bits per heavy atom. The van der Waals surface area contributed by atoms with Gasteiger partial charge in [0.15, 0.2) is 0 Å². The smallest absolute Gasteiger partial charge is 0.227 e. The number of hydrogen-bond acceptors (Lipinski definition) is 3. The standard InChI is InChI=1S/C18H23FN4O/c1-21-9-6-20-17(21)14-22-7-3-8-23(11-10-22)18(24)13-15-4-2-5-16(19)12-15/h2,4-6,9,12H,3,7-8,10-11,13-14H2,1H3. The molecule has 0 radical (unpaired) electrons. The Kier molecular flexibility index (Phi) is 5.25. The van der Waals surface area contributed by atoms with E-state index in [1.165, 1.54) is 12.1 Å². The second-order valence-electron chi connectivity index (χ2n) is 6.27. The topological polar surface area (TPSA) is 41.4 Å². The molecular weight excluding hydrogens is 307 g/mol. The highest BCUT2D eigenvalue weighted by atomic mass is 19.1. The van der Waals surface area contributed by atoms with Crippen LogP contribution in [0.3, 0.4) is 0 Å². The van der Waals surface area contributed by atoms with Crippen molar-refractivity contribution in [2.24, 2.45) is 7.05 Å². The molecule has 24 heavy (non-hydrogen) atoms. The third-order valence-electron chi connectivity index (χ3n) is 4.47. The first-order valence-corrected chi connectivity index (χ1v) is 8.32. The maximum atomic E-state index is 13.2. The fourth-order valence-electron chi connectivity index (χ4n) is 3.06. The molecule has 0 bridgehead atoms. The number of carbonyl (C=O) groups excluding carboxylic acids is 1. The molecule has 0 N–H and O–H groups in total. The van der Waals surface area contributed by atoms with Gasteiger partial charge in [-0.05, 0) is 24.1 Å². The third kappa shape index (κ3) is 4.20. The van der Waals surface area contributed by atoms with Gasteiger partial charge in [-0.2, -0.15) is 0 Å². The number of benzene rings is 1. The van der Waals surface area contributed by atoms with Gasteiger partial charge in [0.1, 0.15) is 11.6 Å². The van der Waals surface area contributed by atoms with Gasteiger partial charge in [0.2, 0.25) is 5.91 Å². The van der Waals surface area contributed by atoms with Crippen molar-refractivity contribution in [2.45, 2.75) is 19.4 Å². The van der Waals surface area contributed by atoms with Crippen molar-refractivity contribution < 1.29 is 9.18 Å². The molecule has 0 unspecified atom stereocenters. The minimum Gasteiger partial charge on any atom is -0.341 e. The van der Waals surface area contributed by atoms with Gasteiger partial charge in [-0.3, -0.25) is 9.69 Å². The molecule has 1 aromatic heterocycles. The van der Waals surface area contributed by atoms with E-state index in [0.717, 1.165) is 44.0 Å². The van der Waals surface area contributed by atoms with E-state index in [1.807, 2.05) is 28.9 Å². The highest BCUT2D eigenvalue weighted by Gasteiger charge is 2.20. The molecule has 0 aliphatic carbocycles. The van der Waals surface area contributed by atoms with Gasteiger partial charge in [0.25, 0.3) is 0 Å². The van der Waals surface area contributed by atoms with E-state index in [4.69, 9.17) is 0 Å². The molecule has 1 aliphatic heterocycles. The molecule has 5 nitrogen and oxygen atoms in total. The number of amides is 1. The average Bonchev–Trinajstić information content (AvgIpc) is 2.81. The average molecular weight is 330 g/mol. The van der Waals surface area contributed by atoms with Gasteiger partial charge in [-0.15, -0.1) is 0 Å². The summed E-state index contributed by atoms with van der Waals surface area (Å²) in [4.78, 5) is 21.1. The Morgan fingerprint density at radius 1 is 1.25 bits per heavy atom. The van der Waals surface area contributed by atoms with Crippen molar-refractivity contribution in [2.75, 3.05) is 26.2 Å². The lowest BCUT2D eigenvalue weighted by atomic mass is 10.1. The Bertz CT molecular complexity index is 700. The normalized spacial score (nSPS) is 16.2. The van der Waals surface area contributed by atoms with Crippen LogP contribution >= 0.6 is 0 Å². The van der Waals surface area contributed by atoms with Crippen LogP contribution in [0.25, 0.3) is 0 Å². The number of aryl methyl sites for hydroxylation is 1. The van der Waals surface area contributed by atoms with E-state index in [9.17, 15) is 9.18 Å². The first kappa shape index (κ1) is 16.6. The second kappa shape index (κ2) is 7.57. The van der Waals surface area contributed by atoms with Crippen LogP contribution in [0.4, 0.5) is 4.39 Å². The Morgan fingerprint density at radius 2 is 2.12 bits per heavy atom. The molecule has 1 fully saturated rings. The van der Waals surface area contributed by atoms with E-state index in [1.54, 1.807) is 12.1 Å². The van der Waals surface area contributed by atoms with Crippen molar-refractivity contribution in [1.82, 2.24) is 19.4 Å². The maximum absolute atomic E-state index is 13.2. The Labute approximate surface area is 141 Å². The fourth-order valence-corrected chi connectivity index (χ4v) is 3.06. The molecule has 2 heterocycles. The van der Waals surface area contributed by atoms with Crippen LogP contribution in [-0.2, 0) is 24.8 Å². The quantitative estimate of drug-likeness (QED) is 0.859. The van der Waals surface area contributed by atoms with E-state index in [0.29, 0.717) is 6.54 Å². The van der Waals surface area contributed by atoms with E-state index in [2.05, 4.69) is 9.88 Å². The number of nitrogens with zero attached hydrogens (tertiary/aromatic N) is 4. The summed E-state index contributed by atoms with van der Waals surface area (Å²) in [6, 6.07) is 6.28. The van der Waals surface area contributed by atoms with Crippen LogP contribution in [-0.4, -0.2) is 51.4 Å². The van der Waals surface area contributed by atoms with Crippen LogP contribution < -0.4 is 0 Å². The van der Waals surface area contributed by atoms with Gasteiger partial charge in [0.05, 0.1) is 13.0 Å². The molecule has 1 saturated heterocycles. The summed E-state index contributed by atoms with van der Waals surface area (Å²) in [7, 11) is 2.00. The first-order chi connectivity index (χ1) is 11.6. The van der Waals surface area contributed by atoms with Crippen molar-refractivity contribution in [1.29, 1.82) is 0 Å². The predicted octanol–water partition coefficient (Wildman–Crippen LogP) is 1.84. The monoisotopic (exact) mass is 330 g/mol. The van der Waals surface area contributed by atoms with Gasteiger partial charge in [-0.25, -0.2) is 9.37 Å². The zero-order valence-corrected chi connectivity index (χ0v) is 14.0. The minimum atomic E-state index is -0.294. The molecule has 128 valence electrons. The molecular formula is C18H23FN4O. The lowest BCUT2D eigenvalue weighted by Gasteiger charge is -2.22. The lowest BCUT2D eigenvalue weighted by molar-refractivity contribution is -0.130. The van der Waals surface area contributed by atoms with Gasteiger partial charge in [-0.1, -0.05) is 12.1 Å². The Hall–Kier alpha value is -2.21. The summed E-state index contributed by atoms with van der Waals surface area (Å²) >= 11 is 0. The number of imidazole rings is 1. The highest BCUT2D eigenvalue weighted by Crippen LogP contribution is 2.11. The molecule has 3 rings (SSSR count). The summed E-state index contributed by atoms with van der Waals surface area (Å²) in [5.74, 6) is 0.811. The van der Waals surface area contributed by atoms with Gasteiger partial charge >= 0.3 is 0 Å². The zero-order valence-electron chi connectivity index (χ0n) is 14.0. The number of carbonyl (C=O) groups is 1. The molecule has 1 aromatic carbocycles. The van der Waals surface area contributed by atoms with Crippen molar-refractivity contribution >= 4 is 5.91 Å². The van der Waals surface area contributed by atoms with E-state index >= 15 is 0 Å².